The quantitative estimate of drug-likeness (QED) is 0.578. The molecular weight excluding hydrogens is 180 g/mol. The minimum Gasteiger partial charge on any atom is -0.126 e. The summed E-state index contributed by atoms with van der Waals surface area (Å²) < 4.78 is 0. The second-order valence-electron chi connectivity index (χ2n) is 4.81. The maximum atomic E-state index is 6.12. The van der Waals surface area contributed by atoms with Crippen molar-refractivity contribution in [2.45, 2.75) is 52.9 Å². The Hall–Kier alpha value is 0.290. The van der Waals surface area contributed by atoms with Crippen molar-refractivity contribution in [2.75, 3.05) is 5.88 Å². The molecule has 0 radical (unpaired) electrons. The Morgan fingerprint density at radius 3 is 2.08 bits per heavy atom. The Labute approximate surface area is 88.1 Å². The van der Waals surface area contributed by atoms with Gasteiger partial charge in [0.2, 0.25) is 0 Å². The number of alkyl halides is 1. The van der Waals surface area contributed by atoms with Crippen LogP contribution in [0.2, 0.25) is 0 Å². The Balaban J connectivity index is 2.61. The largest absolute Gasteiger partial charge is 0.126 e. The van der Waals surface area contributed by atoms with Crippen LogP contribution in [0.1, 0.15) is 52.9 Å². The number of hydrogen-bond acceptors (Lipinski definition) is 0. The van der Waals surface area contributed by atoms with Crippen molar-refractivity contribution >= 4 is 11.6 Å². The molecule has 0 aromatic heterocycles. The molecule has 0 spiro atoms. The van der Waals surface area contributed by atoms with Crippen molar-refractivity contribution in [1.29, 1.82) is 0 Å². The van der Waals surface area contributed by atoms with Gasteiger partial charge in [-0.1, -0.05) is 52.9 Å². The molecule has 0 aromatic rings. The molecule has 0 heterocycles. The second kappa shape index (κ2) is 4.68. The van der Waals surface area contributed by atoms with Gasteiger partial charge in [-0.15, -0.1) is 11.6 Å². The maximum Gasteiger partial charge on any atom is 0.0259 e. The van der Waals surface area contributed by atoms with E-state index in [9.17, 15) is 0 Å². The average molecular weight is 203 g/mol. The van der Waals surface area contributed by atoms with E-state index in [-0.39, 0.29) is 0 Å². The van der Waals surface area contributed by atoms with Crippen LogP contribution in [0.4, 0.5) is 0 Å². The summed E-state index contributed by atoms with van der Waals surface area (Å²) in [5.74, 6) is 2.56. The highest BCUT2D eigenvalue weighted by Gasteiger charge is 2.38. The van der Waals surface area contributed by atoms with Crippen LogP contribution in [-0.2, 0) is 0 Å². The minimum atomic E-state index is 0.493. The predicted molar refractivity (Wildman–Crippen MR) is 60.2 cm³/mol. The molecule has 0 saturated heterocycles. The van der Waals surface area contributed by atoms with Gasteiger partial charge in [0.25, 0.3) is 0 Å². The van der Waals surface area contributed by atoms with E-state index in [0.717, 1.165) is 17.7 Å². The summed E-state index contributed by atoms with van der Waals surface area (Å²) in [6.07, 6.45) is 6.83. The molecule has 1 heteroatoms. The van der Waals surface area contributed by atoms with Crippen LogP contribution >= 0.6 is 11.6 Å². The van der Waals surface area contributed by atoms with Crippen molar-refractivity contribution in [1.82, 2.24) is 0 Å². The average Bonchev–Trinajstić information content (AvgIpc) is 2.09. The summed E-state index contributed by atoms with van der Waals surface area (Å²) in [6, 6.07) is 0. The fourth-order valence-electron chi connectivity index (χ4n) is 2.50. The van der Waals surface area contributed by atoms with E-state index in [1.165, 1.54) is 32.1 Å². The molecule has 0 bridgehead atoms. The van der Waals surface area contributed by atoms with E-state index < -0.39 is 0 Å². The zero-order valence-corrected chi connectivity index (χ0v) is 10.0. The van der Waals surface area contributed by atoms with Crippen LogP contribution in [0.5, 0.6) is 0 Å². The molecule has 0 aliphatic heterocycles. The summed E-state index contributed by atoms with van der Waals surface area (Å²) >= 11 is 6.12. The molecule has 1 saturated carbocycles. The van der Waals surface area contributed by atoms with Gasteiger partial charge >= 0.3 is 0 Å². The summed E-state index contributed by atoms with van der Waals surface area (Å²) in [5, 5.41) is 0. The van der Waals surface area contributed by atoms with Crippen molar-refractivity contribution in [3.05, 3.63) is 0 Å². The van der Waals surface area contributed by atoms with E-state index in [2.05, 4.69) is 20.8 Å². The molecule has 78 valence electrons. The number of halogens is 1. The Kier molecular flexibility index (Phi) is 4.09. The Morgan fingerprint density at radius 1 is 1.31 bits per heavy atom. The van der Waals surface area contributed by atoms with Crippen LogP contribution in [0.25, 0.3) is 0 Å². The molecule has 0 aromatic carbocycles. The fraction of sp³-hybridized carbons (Fsp3) is 1.00. The summed E-state index contributed by atoms with van der Waals surface area (Å²) in [4.78, 5) is 0. The lowest BCUT2D eigenvalue weighted by Gasteiger charge is -2.44. The van der Waals surface area contributed by atoms with Crippen LogP contribution in [0.15, 0.2) is 0 Å². The molecule has 0 N–H and O–H groups in total. The Morgan fingerprint density at radius 2 is 1.85 bits per heavy atom. The van der Waals surface area contributed by atoms with Crippen LogP contribution < -0.4 is 0 Å². The van der Waals surface area contributed by atoms with Gasteiger partial charge in [0.05, 0.1) is 0 Å². The van der Waals surface area contributed by atoms with Gasteiger partial charge in [-0.3, -0.25) is 0 Å². The normalized spacial score (nSPS) is 21.2. The van der Waals surface area contributed by atoms with E-state index in [4.69, 9.17) is 11.6 Å². The Bertz CT molecular complexity index is 145. The van der Waals surface area contributed by atoms with E-state index in [1.54, 1.807) is 0 Å². The standard InChI is InChI=1S/C12H23Cl/c1-4-12(3,5-2)11(9-13)10-7-6-8-10/h10-11H,4-9H2,1-3H3. The van der Waals surface area contributed by atoms with Gasteiger partial charge in [-0.05, 0) is 17.3 Å². The molecule has 1 rings (SSSR count). The number of rotatable bonds is 5. The highest BCUT2D eigenvalue weighted by molar-refractivity contribution is 6.18. The molecule has 0 nitrogen and oxygen atoms in total. The molecular formula is C12H23Cl. The molecule has 1 atom stereocenters. The van der Waals surface area contributed by atoms with Gasteiger partial charge in [0, 0.05) is 5.88 Å². The SMILES string of the molecule is CCC(C)(CC)C(CCl)C1CCC1. The van der Waals surface area contributed by atoms with Crippen LogP contribution in [0, 0.1) is 17.3 Å². The first-order chi connectivity index (χ1) is 6.18. The van der Waals surface area contributed by atoms with Gasteiger partial charge < -0.3 is 0 Å². The zero-order valence-electron chi connectivity index (χ0n) is 9.28. The van der Waals surface area contributed by atoms with Crippen molar-refractivity contribution in [3.63, 3.8) is 0 Å². The lowest BCUT2D eigenvalue weighted by molar-refractivity contribution is 0.0787. The third kappa shape index (κ3) is 2.21. The first kappa shape index (κ1) is 11.4. The third-order valence-electron chi connectivity index (χ3n) is 4.40. The summed E-state index contributed by atoms with van der Waals surface area (Å²) in [5.41, 5.74) is 0.493. The fourth-order valence-corrected chi connectivity index (χ4v) is 3.12. The van der Waals surface area contributed by atoms with Crippen LogP contribution in [-0.4, -0.2) is 5.88 Å². The molecule has 1 aliphatic rings. The topological polar surface area (TPSA) is 0 Å². The molecule has 1 unspecified atom stereocenters. The minimum absolute atomic E-state index is 0.493. The lowest BCUT2D eigenvalue weighted by Crippen LogP contribution is -2.36. The highest BCUT2D eigenvalue weighted by atomic mass is 35.5. The molecule has 0 amide bonds. The van der Waals surface area contributed by atoms with Crippen molar-refractivity contribution < 1.29 is 0 Å². The predicted octanol–water partition coefficient (Wildman–Crippen LogP) is 4.47. The maximum absolute atomic E-state index is 6.12. The lowest BCUT2D eigenvalue weighted by atomic mass is 9.63. The van der Waals surface area contributed by atoms with Crippen molar-refractivity contribution in [3.8, 4) is 0 Å². The van der Waals surface area contributed by atoms with E-state index >= 15 is 0 Å². The van der Waals surface area contributed by atoms with E-state index in [0.29, 0.717) is 5.41 Å². The highest BCUT2D eigenvalue weighted by Crippen LogP contribution is 2.46. The third-order valence-corrected chi connectivity index (χ3v) is 4.73. The van der Waals surface area contributed by atoms with Gasteiger partial charge in [0.1, 0.15) is 0 Å². The molecule has 13 heavy (non-hydrogen) atoms. The first-order valence-electron chi connectivity index (χ1n) is 5.74. The van der Waals surface area contributed by atoms with E-state index in [1.807, 2.05) is 0 Å². The summed E-state index contributed by atoms with van der Waals surface area (Å²) in [6.45, 7) is 7.03. The first-order valence-corrected chi connectivity index (χ1v) is 6.27. The molecule has 1 fully saturated rings. The smallest absolute Gasteiger partial charge is 0.0259 e. The monoisotopic (exact) mass is 202 g/mol. The van der Waals surface area contributed by atoms with Gasteiger partial charge in [0.15, 0.2) is 0 Å². The van der Waals surface area contributed by atoms with Gasteiger partial charge in [-0.2, -0.15) is 0 Å². The summed E-state index contributed by atoms with van der Waals surface area (Å²) in [7, 11) is 0. The molecule has 1 aliphatic carbocycles. The zero-order chi connectivity index (χ0) is 9.90. The second-order valence-corrected chi connectivity index (χ2v) is 5.12. The van der Waals surface area contributed by atoms with Crippen molar-refractivity contribution in [2.24, 2.45) is 17.3 Å². The van der Waals surface area contributed by atoms with Crippen LogP contribution in [0.3, 0.4) is 0 Å². The number of hydrogen-bond donors (Lipinski definition) is 0. The van der Waals surface area contributed by atoms with Gasteiger partial charge in [-0.25, -0.2) is 0 Å².